The van der Waals surface area contributed by atoms with E-state index in [-0.39, 0.29) is 16.5 Å². The maximum absolute atomic E-state index is 13.2. The Morgan fingerprint density at radius 2 is 2.12 bits per heavy atom. The Balaban J connectivity index is 1.89. The summed E-state index contributed by atoms with van der Waals surface area (Å²) in [6, 6.07) is 5.16. The van der Waals surface area contributed by atoms with E-state index in [1.165, 1.54) is 19.1 Å². The number of thiophene rings is 1. The Morgan fingerprint density at radius 1 is 1.38 bits per heavy atom. The molecular weight excluding hydrogens is 403 g/mol. The molecule has 2 heterocycles. The van der Waals surface area contributed by atoms with E-state index in [0.29, 0.717) is 4.88 Å². The van der Waals surface area contributed by atoms with Crippen molar-refractivity contribution in [2.45, 2.75) is 18.2 Å². The summed E-state index contributed by atoms with van der Waals surface area (Å²) < 4.78 is 38.2. The van der Waals surface area contributed by atoms with E-state index in [0.717, 1.165) is 22.3 Å². The van der Waals surface area contributed by atoms with Crippen molar-refractivity contribution >= 4 is 50.4 Å². The highest BCUT2D eigenvalue weighted by atomic mass is 35.5. The van der Waals surface area contributed by atoms with E-state index >= 15 is 0 Å². The molecule has 2 aromatic rings. The molecule has 0 aliphatic carbocycles. The van der Waals surface area contributed by atoms with Gasteiger partial charge in [0.2, 0.25) is 0 Å². The van der Waals surface area contributed by atoms with Crippen molar-refractivity contribution < 1.29 is 22.4 Å². The van der Waals surface area contributed by atoms with Crippen LogP contribution in [0.2, 0.25) is 5.02 Å². The number of sulfone groups is 1. The average molecular weight is 417 g/mol. The third kappa shape index (κ3) is 3.46. The van der Waals surface area contributed by atoms with Gasteiger partial charge in [0.15, 0.2) is 15.1 Å². The Bertz CT molecular complexity index is 963. The van der Waals surface area contributed by atoms with E-state index in [1.54, 1.807) is 17.5 Å². The zero-order valence-electron chi connectivity index (χ0n) is 13.5. The van der Waals surface area contributed by atoms with Gasteiger partial charge in [0.1, 0.15) is 5.82 Å². The van der Waals surface area contributed by atoms with Crippen molar-refractivity contribution in [3.8, 4) is 0 Å². The van der Waals surface area contributed by atoms with Crippen LogP contribution in [0.5, 0.6) is 0 Å². The Hall–Kier alpha value is -1.97. The molecule has 0 spiro atoms. The molecule has 3 amide bonds. The van der Waals surface area contributed by atoms with Crippen LogP contribution in [0.1, 0.15) is 17.1 Å². The highest BCUT2D eigenvalue weighted by Gasteiger charge is 2.47. The maximum atomic E-state index is 13.2. The predicted molar refractivity (Wildman–Crippen MR) is 97.6 cm³/mol. The van der Waals surface area contributed by atoms with Crippen molar-refractivity contribution in [1.29, 1.82) is 0 Å². The van der Waals surface area contributed by atoms with Gasteiger partial charge in [-0.05, 0) is 36.6 Å². The van der Waals surface area contributed by atoms with Gasteiger partial charge in [-0.3, -0.25) is 9.69 Å². The number of hydrogen-bond donors (Lipinski definition) is 1. The number of nitrogens with one attached hydrogen (secondary N) is 1. The van der Waals surface area contributed by atoms with E-state index in [9.17, 15) is 22.4 Å². The van der Waals surface area contributed by atoms with Crippen LogP contribution < -0.4 is 5.32 Å². The quantitative estimate of drug-likeness (QED) is 0.812. The van der Waals surface area contributed by atoms with Crippen molar-refractivity contribution in [2.24, 2.45) is 0 Å². The Morgan fingerprint density at radius 3 is 2.73 bits per heavy atom. The first-order chi connectivity index (χ1) is 12.2. The van der Waals surface area contributed by atoms with Gasteiger partial charge in [0, 0.05) is 10.6 Å². The van der Waals surface area contributed by atoms with Crippen LogP contribution in [0.4, 0.5) is 14.9 Å². The molecule has 1 aliphatic rings. The predicted octanol–water partition coefficient (Wildman–Crippen LogP) is 3.46. The van der Waals surface area contributed by atoms with Gasteiger partial charge in [-0.1, -0.05) is 17.7 Å². The fraction of sp³-hybridized carbons (Fsp3) is 0.250. The van der Waals surface area contributed by atoms with E-state index in [4.69, 9.17) is 11.6 Å². The number of urea groups is 1. The number of amides is 3. The average Bonchev–Trinajstić information content (AvgIpc) is 3.03. The van der Waals surface area contributed by atoms with E-state index < -0.39 is 38.9 Å². The van der Waals surface area contributed by atoms with Crippen LogP contribution in [0.15, 0.2) is 35.7 Å². The van der Waals surface area contributed by atoms with Crippen LogP contribution in [0.3, 0.4) is 0 Å². The Kier molecular flexibility index (Phi) is 5.05. The summed E-state index contributed by atoms with van der Waals surface area (Å²) in [5.74, 6) is -1.79. The first kappa shape index (κ1) is 18.8. The summed E-state index contributed by atoms with van der Waals surface area (Å²) >= 11 is 6.82. The second kappa shape index (κ2) is 6.98. The monoisotopic (exact) mass is 416 g/mol. The highest BCUT2D eigenvalue weighted by Crippen LogP contribution is 2.34. The van der Waals surface area contributed by atoms with Crippen LogP contribution in [-0.2, 0) is 14.6 Å². The largest absolute Gasteiger partial charge is 0.328 e. The molecule has 1 aromatic carbocycles. The number of anilines is 1. The zero-order chi connectivity index (χ0) is 19.1. The van der Waals surface area contributed by atoms with Crippen molar-refractivity contribution in [3.63, 3.8) is 0 Å². The van der Waals surface area contributed by atoms with Crippen LogP contribution in [0, 0.1) is 5.82 Å². The number of benzene rings is 1. The zero-order valence-corrected chi connectivity index (χ0v) is 15.9. The summed E-state index contributed by atoms with van der Waals surface area (Å²) in [6.45, 7) is 1.48. The molecule has 0 bridgehead atoms. The molecule has 0 unspecified atom stereocenters. The number of carbonyl (C=O) groups is 2. The molecule has 6 nitrogen and oxygen atoms in total. The molecule has 0 radical (unpaired) electrons. The number of carbonyl (C=O) groups excluding carboxylic acids is 2. The minimum Gasteiger partial charge on any atom is -0.307 e. The van der Waals surface area contributed by atoms with Gasteiger partial charge in [0.05, 0.1) is 16.8 Å². The summed E-state index contributed by atoms with van der Waals surface area (Å²) in [4.78, 5) is 26.6. The van der Waals surface area contributed by atoms with Gasteiger partial charge in [-0.2, -0.15) is 0 Å². The highest BCUT2D eigenvalue weighted by molar-refractivity contribution is 7.92. The summed E-state index contributed by atoms with van der Waals surface area (Å²) in [5.41, 5.74) is 0.197. The van der Waals surface area contributed by atoms with Gasteiger partial charge in [-0.25, -0.2) is 17.6 Å². The molecule has 138 valence electrons. The fourth-order valence-electron chi connectivity index (χ4n) is 2.80. The standard InChI is InChI=1S/C16H14ClFN2O4S2/c1-9-8-26(23,24)14(13-3-2-6-25-13)15(21)20(9)16(22)19-10-4-5-12(18)11(17)7-10/h2-7,9,14H,8H2,1H3,(H,19,22)/t9-,14+/m1/s1. The normalized spacial score (nSPS) is 22.3. The van der Waals surface area contributed by atoms with Gasteiger partial charge >= 0.3 is 6.03 Å². The molecule has 1 saturated heterocycles. The van der Waals surface area contributed by atoms with E-state index in [1.807, 2.05) is 0 Å². The van der Waals surface area contributed by atoms with E-state index in [2.05, 4.69) is 5.32 Å². The third-order valence-corrected chi connectivity index (χ3v) is 7.42. The van der Waals surface area contributed by atoms with Crippen molar-refractivity contribution in [3.05, 3.63) is 51.4 Å². The lowest BCUT2D eigenvalue weighted by Gasteiger charge is -2.35. The van der Waals surface area contributed by atoms with Crippen LogP contribution in [0.25, 0.3) is 0 Å². The molecule has 0 saturated carbocycles. The SMILES string of the molecule is C[C@@H]1CS(=O)(=O)[C@@H](c2cccs2)C(=O)N1C(=O)Nc1ccc(F)c(Cl)c1. The second-order valence-electron chi connectivity index (χ2n) is 5.84. The lowest BCUT2D eigenvalue weighted by atomic mass is 10.2. The van der Waals surface area contributed by atoms with Crippen molar-refractivity contribution in [1.82, 2.24) is 4.90 Å². The minimum atomic E-state index is -3.73. The second-order valence-corrected chi connectivity index (χ2v) is 9.36. The smallest absolute Gasteiger partial charge is 0.307 e. The number of halogens is 2. The summed E-state index contributed by atoms with van der Waals surface area (Å²) in [5, 5.41) is 2.54. The van der Waals surface area contributed by atoms with Gasteiger partial charge in [-0.15, -0.1) is 11.3 Å². The number of nitrogens with zero attached hydrogens (tertiary/aromatic N) is 1. The molecule has 1 fully saturated rings. The summed E-state index contributed by atoms with van der Waals surface area (Å²) in [7, 11) is -3.73. The Labute approximate surface area is 158 Å². The minimum absolute atomic E-state index is 0.181. The maximum Gasteiger partial charge on any atom is 0.328 e. The topological polar surface area (TPSA) is 83.6 Å². The number of hydrogen-bond acceptors (Lipinski definition) is 5. The summed E-state index contributed by atoms with van der Waals surface area (Å²) in [6.07, 6.45) is 0. The number of rotatable bonds is 2. The van der Waals surface area contributed by atoms with Crippen LogP contribution in [-0.4, -0.2) is 37.1 Å². The molecule has 10 heteroatoms. The lowest BCUT2D eigenvalue weighted by Crippen LogP contribution is -2.55. The third-order valence-electron chi connectivity index (χ3n) is 3.93. The first-order valence-corrected chi connectivity index (χ1v) is 10.5. The molecule has 26 heavy (non-hydrogen) atoms. The molecule has 2 atom stereocenters. The molecule has 1 aliphatic heterocycles. The van der Waals surface area contributed by atoms with Crippen LogP contribution >= 0.6 is 22.9 Å². The fourth-order valence-corrected chi connectivity index (χ4v) is 6.15. The van der Waals surface area contributed by atoms with Gasteiger partial charge in [0.25, 0.3) is 5.91 Å². The van der Waals surface area contributed by atoms with Gasteiger partial charge < -0.3 is 5.32 Å². The molecule has 1 N–H and O–H groups in total. The molecule has 3 rings (SSSR count). The van der Waals surface area contributed by atoms with Crippen molar-refractivity contribution in [2.75, 3.05) is 11.1 Å². The number of imide groups is 1. The molecule has 1 aromatic heterocycles. The molecular formula is C16H14ClFN2O4S2. The first-order valence-electron chi connectivity index (χ1n) is 7.55. The lowest BCUT2D eigenvalue weighted by molar-refractivity contribution is -0.129.